The van der Waals surface area contributed by atoms with E-state index in [2.05, 4.69) is 11.9 Å². The molecular formula is C9H17NO2. The summed E-state index contributed by atoms with van der Waals surface area (Å²) >= 11 is 0. The lowest BCUT2D eigenvalue weighted by molar-refractivity contribution is -0.145. The Balaban J connectivity index is 3.78. The van der Waals surface area contributed by atoms with Crippen LogP contribution in [0.4, 0.5) is 0 Å². The van der Waals surface area contributed by atoms with Crippen LogP contribution in [-0.4, -0.2) is 25.2 Å². The minimum Gasteiger partial charge on any atom is -0.465 e. The highest BCUT2D eigenvalue weighted by Gasteiger charge is 2.15. The molecule has 0 rings (SSSR count). The Bertz CT molecular complexity index is 145. The third-order valence-corrected chi connectivity index (χ3v) is 1.49. The van der Waals surface area contributed by atoms with Crippen LogP contribution in [0.15, 0.2) is 12.7 Å². The summed E-state index contributed by atoms with van der Waals surface area (Å²) < 4.78 is 4.86. The number of carbonyl (C=O) groups excluding carboxylic acids is 1. The van der Waals surface area contributed by atoms with Crippen molar-refractivity contribution in [1.82, 2.24) is 5.32 Å². The number of ether oxygens (including phenoxy) is 1. The van der Waals surface area contributed by atoms with Crippen LogP contribution < -0.4 is 5.32 Å². The number of hydrogen-bond acceptors (Lipinski definition) is 3. The first-order chi connectivity index (χ1) is 5.76. The molecule has 0 spiro atoms. The molecule has 0 aliphatic carbocycles. The van der Waals surface area contributed by atoms with E-state index in [9.17, 15) is 4.79 Å². The van der Waals surface area contributed by atoms with Crippen LogP contribution in [0.3, 0.4) is 0 Å². The van der Waals surface area contributed by atoms with E-state index in [0.717, 1.165) is 6.42 Å². The highest BCUT2D eigenvalue weighted by molar-refractivity contribution is 5.75. The fourth-order valence-electron chi connectivity index (χ4n) is 0.863. The number of carbonyl (C=O) groups is 1. The molecule has 0 aromatic carbocycles. The zero-order valence-electron chi connectivity index (χ0n) is 7.80. The Labute approximate surface area is 73.8 Å². The van der Waals surface area contributed by atoms with Crippen LogP contribution in [0.1, 0.15) is 20.3 Å². The van der Waals surface area contributed by atoms with E-state index in [1.54, 1.807) is 13.0 Å². The number of hydrogen-bond donors (Lipinski definition) is 1. The average molecular weight is 171 g/mol. The molecule has 12 heavy (non-hydrogen) atoms. The Hall–Kier alpha value is -0.830. The van der Waals surface area contributed by atoms with Crippen molar-refractivity contribution in [2.45, 2.75) is 26.3 Å². The largest absolute Gasteiger partial charge is 0.465 e. The van der Waals surface area contributed by atoms with Gasteiger partial charge in [0.15, 0.2) is 0 Å². The third kappa shape index (κ3) is 4.13. The Morgan fingerprint density at radius 3 is 2.75 bits per heavy atom. The molecule has 0 saturated carbocycles. The molecule has 0 radical (unpaired) electrons. The van der Waals surface area contributed by atoms with E-state index in [4.69, 9.17) is 4.74 Å². The molecule has 0 aliphatic heterocycles. The van der Waals surface area contributed by atoms with Crippen molar-refractivity contribution in [3.05, 3.63) is 12.7 Å². The van der Waals surface area contributed by atoms with Gasteiger partial charge in [-0.3, -0.25) is 4.79 Å². The summed E-state index contributed by atoms with van der Waals surface area (Å²) in [5.74, 6) is -0.179. The Kier molecular flexibility index (Phi) is 6.38. The molecule has 70 valence electrons. The summed E-state index contributed by atoms with van der Waals surface area (Å²) in [5.41, 5.74) is 0. The second-order valence-corrected chi connectivity index (χ2v) is 2.41. The predicted molar refractivity (Wildman–Crippen MR) is 48.9 cm³/mol. The van der Waals surface area contributed by atoms with E-state index < -0.39 is 0 Å². The van der Waals surface area contributed by atoms with Gasteiger partial charge in [-0.05, 0) is 13.3 Å². The van der Waals surface area contributed by atoms with Crippen molar-refractivity contribution in [1.29, 1.82) is 0 Å². The molecule has 0 amide bonds. The van der Waals surface area contributed by atoms with Crippen LogP contribution in [-0.2, 0) is 9.53 Å². The fourth-order valence-corrected chi connectivity index (χ4v) is 0.863. The van der Waals surface area contributed by atoms with Crippen LogP contribution in [0.2, 0.25) is 0 Å². The van der Waals surface area contributed by atoms with Gasteiger partial charge in [-0.2, -0.15) is 0 Å². The Morgan fingerprint density at radius 1 is 1.67 bits per heavy atom. The molecule has 3 heteroatoms. The predicted octanol–water partition coefficient (Wildman–Crippen LogP) is 1.10. The molecule has 0 aromatic heterocycles. The smallest absolute Gasteiger partial charge is 0.323 e. The lowest BCUT2D eigenvalue weighted by Gasteiger charge is -2.13. The molecule has 1 N–H and O–H groups in total. The standard InChI is InChI=1S/C9H17NO2/c1-4-7-10-8(5-2)9(11)12-6-3/h4,8,10H,1,5-7H2,2-3H3. The van der Waals surface area contributed by atoms with E-state index >= 15 is 0 Å². The van der Waals surface area contributed by atoms with E-state index in [0.29, 0.717) is 13.2 Å². The quantitative estimate of drug-likeness (QED) is 0.480. The van der Waals surface area contributed by atoms with Crippen molar-refractivity contribution in [3.63, 3.8) is 0 Å². The molecular weight excluding hydrogens is 154 g/mol. The maximum Gasteiger partial charge on any atom is 0.323 e. The monoisotopic (exact) mass is 171 g/mol. The molecule has 0 fully saturated rings. The van der Waals surface area contributed by atoms with Crippen LogP contribution in [0, 0.1) is 0 Å². The number of rotatable bonds is 6. The summed E-state index contributed by atoms with van der Waals surface area (Å²) in [6.07, 6.45) is 2.47. The molecule has 1 unspecified atom stereocenters. The zero-order valence-corrected chi connectivity index (χ0v) is 7.80. The molecule has 0 aliphatic rings. The topological polar surface area (TPSA) is 38.3 Å². The molecule has 0 bridgehead atoms. The van der Waals surface area contributed by atoms with Gasteiger partial charge < -0.3 is 10.1 Å². The summed E-state index contributed by atoms with van der Waals surface area (Å²) in [4.78, 5) is 11.2. The van der Waals surface area contributed by atoms with Gasteiger partial charge >= 0.3 is 5.97 Å². The minimum absolute atomic E-state index is 0.179. The lowest BCUT2D eigenvalue weighted by atomic mass is 10.2. The summed E-state index contributed by atoms with van der Waals surface area (Å²) in [5, 5.41) is 3.01. The van der Waals surface area contributed by atoms with Gasteiger partial charge in [-0.15, -0.1) is 6.58 Å². The summed E-state index contributed by atoms with van der Waals surface area (Å²) in [6, 6.07) is -0.192. The maximum absolute atomic E-state index is 11.2. The van der Waals surface area contributed by atoms with Crippen LogP contribution in [0.5, 0.6) is 0 Å². The maximum atomic E-state index is 11.2. The first-order valence-corrected chi connectivity index (χ1v) is 4.27. The lowest BCUT2D eigenvalue weighted by Crippen LogP contribution is -2.37. The van der Waals surface area contributed by atoms with E-state index in [1.807, 2.05) is 6.92 Å². The second-order valence-electron chi connectivity index (χ2n) is 2.41. The molecule has 0 saturated heterocycles. The van der Waals surface area contributed by atoms with Gasteiger partial charge in [0.05, 0.1) is 6.61 Å². The van der Waals surface area contributed by atoms with Gasteiger partial charge in [-0.25, -0.2) is 0 Å². The fraction of sp³-hybridized carbons (Fsp3) is 0.667. The SMILES string of the molecule is C=CCNC(CC)C(=O)OCC. The normalized spacial score (nSPS) is 12.2. The first kappa shape index (κ1) is 11.2. The molecule has 3 nitrogen and oxygen atoms in total. The average Bonchev–Trinajstić information content (AvgIpc) is 2.06. The van der Waals surface area contributed by atoms with E-state index in [-0.39, 0.29) is 12.0 Å². The van der Waals surface area contributed by atoms with Crippen molar-refractivity contribution < 1.29 is 9.53 Å². The highest BCUT2D eigenvalue weighted by Crippen LogP contribution is 1.94. The number of nitrogens with one attached hydrogen (secondary N) is 1. The first-order valence-electron chi connectivity index (χ1n) is 4.27. The van der Waals surface area contributed by atoms with Gasteiger partial charge in [0.2, 0.25) is 0 Å². The summed E-state index contributed by atoms with van der Waals surface area (Å²) in [7, 11) is 0. The van der Waals surface area contributed by atoms with Crippen molar-refractivity contribution in [2.75, 3.05) is 13.2 Å². The van der Waals surface area contributed by atoms with Crippen LogP contribution in [0.25, 0.3) is 0 Å². The third-order valence-electron chi connectivity index (χ3n) is 1.49. The molecule has 1 atom stereocenters. The van der Waals surface area contributed by atoms with Gasteiger partial charge in [0.25, 0.3) is 0 Å². The minimum atomic E-state index is -0.192. The molecule has 0 heterocycles. The van der Waals surface area contributed by atoms with Crippen molar-refractivity contribution >= 4 is 5.97 Å². The van der Waals surface area contributed by atoms with Gasteiger partial charge in [-0.1, -0.05) is 13.0 Å². The number of esters is 1. The van der Waals surface area contributed by atoms with Crippen LogP contribution >= 0.6 is 0 Å². The summed E-state index contributed by atoms with van der Waals surface area (Å²) in [6.45, 7) is 8.38. The highest BCUT2D eigenvalue weighted by atomic mass is 16.5. The van der Waals surface area contributed by atoms with Crippen molar-refractivity contribution in [2.24, 2.45) is 0 Å². The second kappa shape index (κ2) is 6.85. The van der Waals surface area contributed by atoms with Gasteiger partial charge in [0, 0.05) is 6.54 Å². The van der Waals surface area contributed by atoms with E-state index in [1.165, 1.54) is 0 Å². The zero-order chi connectivity index (χ0) is 9.40. The van der Waals surface area contributed by atoms with Gasteiger partial charge in [0.1, 0.15) is 6.04 Å². The molecule has 0 aromatic rings. The Morgan fingerprint density at radius 2 is 2.33 bits per heavy atom. The van der Waals surface area contributed by atoms with Crippen molar-refractivity contribution in [3.8, 4) is 0 Å².